The molecule has 0 bridgehead atoms. The predicted octanol–water partition coefficient (Wildman–Crippen LogP) is 2.92. The molecule has 0 saturated heterocycles. The van der Waals surface area contributed by atoms with Gasteiger partial charge in [0, 0.05) is 7.05 Å². The normalized spacial score (nSPS) is 12.2. The molecule has 0 aliphatic heterocycles. The van der Waals surface area contributed by atoms with Gasteiger partial charge in [0.1, 0.15) is 0 Å². The lowest BCUT2D eigenvalue weighted by molar-refractivity contribution is 0.287. The molecule has 2 aromatic rings. The van der Waals surface area contributed by atoms with Crippen molar-refractivity contribution in [3.8, 4) is 11.5 Å². The zero-order chi connectivity index (χ0) is 15.4. The zero-order valence-electron chi connectivity index (χ0n) is 12.5. The van der Waals surface area contributed by atoms with E-state index in [1.165, 1.54) is 0 Å². The van der Waals surface area contributed by atoms with E-state index in [0.29, 0.717) is 29.7 Å². The van der Waals surface area contributed by atoms with Crippen molar-refractivity contribution in [2.75, 3.05) is 13.2 Å². The van der Waals surface area contributed by atoms with Gasteiger partial charge in [-0.3, -0.25) is 4.68 Å². The molecule has 0 radical (unpaired) electrons. The smallest absolute Gasteiger partial charge is 0.161 e. The monoisotopic (exact) mass is 309 g/mol. The van der Waals surface area contributed by atoms with Crippen LogP contribution in [0.5, 0.6) is 11.5 Å². The van der Waals surface area contributed by atoms with E-state index >= 15 is 0 Å². The maximum absolute atomic E-state index is 6.31. The van der Waals surface area contributed by atoms with Crippen LogP contribution in [-0.2, 0) is 7.05 Å². The fourth-order valence-electron chi connectivity index (χ4n) is 2.19. The zero-order valence-corrected chi connectivity index (χ0v) is 13.2. The van der Waals surface area contributed by atoms with Gasteiger partial charge in [0.2, 0.25) is 0 Å². The topological polar surface area (TPSA) is 62.3 Å². The molecule has 0 amide bonds. The Morgan fingerprint density at radius 2 is 1.90 bits per heavy atom. The van der Waals surface area contributed by atoms with E-state index in [0.717, 1.165) is 11.3 Å². The van der Waals surface area contributed by atoms with Crippen molar-refractivity contribution in [3.63, 3.8) is 0 Å². The molecular formula is C15H20ClN3O2. The van der Waals surface area contributed by atoms with Gasteiger partial charge in [0.05, 0.1) is 36.2 Å². The van der Waals surface area contributed by atoms with Crippen LogP contribution in [0.15, 0.2) is 24.4 Å². The van der Waals surface area contributed by atoms with Gasteiger partial charge < -0.3 is 15.2 Å². The first-order valence-corrected chi connectivity index (χ1v) is 7.28. The van der Waals surface area contributed by atoms with Crippen molar-refractivity contribution in [2.24, 2.45) is 12.8 Å². The lowest BCUT2D eigenvalue weighted by Crippen LogP contribution is -2.16. The first-order chi connectivity index (χ1) is 10.1. The minimum absolute atomic E-state index is 0.375. The summed E-state index contributed by atoms with van der Waals surface area (Å²) in [6.07, 6.45) is 1.59. The third kappa shape index (κ3) is 3.31. The van der Waals surface area contributed by atoms with Crippen LogP contribution in [-0.4, -0.2) is 23.0 Å². The molecule has 1 atom stereocenters. The van der Waals surface area contributed by atoms with E-state index in [-0.39, 0.29) is 6.04 Å². The molecule has 5 nitrogen and oxygen atoms in total. The van der Waals surface area contributed by atoms with Gasteiger partial charge in [0.25, 0.3) is 0 Å². The Hall–Kier alpha value is -1.72. The lowest BCUT2D eigenvalue weighted by atomic mass is 10.0. The van der Waals surface area contributed by atoms with Crippen LogP contribution in [0.3, 0.4) is 0 Å². The maximum atomic E-state index is 6.31. The molecule has 1 heterocycles. The molecule has 0 aliphatic carbocycles. The number of benzene rings is 1. The summed E-state index contributed by atoms with van der Waals surface area (Å²) >= 11 is 6.15. The number of halogens is 1. The molecular weight excluding hydrogens is 290 g/mol. The molecule has 1 aromatic carbocycles. The number of rotatable bonds is 6. The summed E-state index contributed by atoms with van der Waals surface area (Å²) in [7, 11) is 1.82. The Bertz CT molecular complexity index is 593. The Kier molecular flexibility index (Phi) is 5.09. The molecule has 0 fully saturated rings. The quantitative estimate of drug-likeness (QED) is 0.891. The number of aryl methyl sites for hydroxylation is 1. The van der Waals surface area contributed by atoms with Crippen LogP contribution in [0, 0.1) is 0 Å². The number of nitrogens with zero attached hydrogens (tertiary/aromatic N) is 2. The second-order valence-corrected chi connectivity index (χ2v) is 4.96. The van der Waals surface area contributed by atoms with Crippen LogP contribution in [0.4, 0.5) is 0 Å². The van der Waals surface area contributed by atoms with Crippen molar-refractivity contribution >= 4 is 11.6 Å². The molecule has 1 aromatic heterocycles. The Balaban J connectivity index is 2.37. The largest absolute Gasteiger partial charge is 0.490 e. The summed E-state index contributed by atoms with van der Waals surface area (Å²) in [6, 6.07) is 5.30. The van der Waals surface area contributed by atoms with Gasteiger partial charge in [-0.2, -0.15) is 5.10 Å². The third-order valence-electron chi connectivity index (χ3n) is 3.16. The minimum Gasteiger partial charge on any atom is -0.490 e. The molecule has 6 heteroatoms. The van der Waals surface area contributed by atoms with Crippen molar-refractivity contribution in [3.05, 3.63) is 40.7 Å². The van der Waals surface area contributed by atoms with E-state index in [1.807, 2.05) is 39.1 Å². The molecule has 21 heavy (non-hydrogen) atoms. The van der Waals surface area contributed by atoms with Crippen LogP contribution in [0.2, 0.25) is 5.02 Å². The summed E-state index contributed by atoms with van der Waals surface area (Å²) in [5.74, 6) is 1.40. The molecule has 2 rings (SSSR count). The summed E-state index contributed by atoms with van der Waals surface area (Å²) in [4.78, 5) is 0. The van der Waals surface area contributed by atoms with E-state index in [2.05, 4.69) is 5.10 Å². The van der Waals surface area contributed by atoms with Crippen LogP contribution >= 0.6 is 11.6 Å². The summed E-state index contributed by atoms with van der Waals surface area (Å²) in [5.41, 5.74) is 7.97. The Morgan fingerprint density at radius 1 is 1.24 bits per heavy atom. The molecule has 1 unspecified atom stereocenters. The molecule has 0 aliphatic rings. The highest BCUT2D eigenvalue weighted by molar-refractivity contribution is 6.31. The van der Waals surface area contributed by atoms with Crippen molar-refractivity contribution in [1.82, 2.24) is 9.78 Å². The second-order valence-electron chi connectivity index (χ2n) is 4.55. The van der Waals surface area contributed by atoms with Gasteiger partial charge in [0.15, 0.2) is 11.5 Å². The Labute approximate surface area is 129 Å². The van der Waals surface area contributed by atoms with Gasteiger partial charge >= 0.3 is 0 Å². The van der Waals surface area contributed by atoms with E-state index < -0.39 is 0 Å². The minimum atomic E-state index is -0.375. The number of ether oxygens (including phenoxy) is 2. The highest BCUT2D eigenvalue weighted by Crippen LogP contribution is 2.33. The highest BCUT2D eigenvalue weighted by atomic mass is 35.5. The molecule has 114 valence electrons. The first-order valence-electron chi connectivity index (χ1n) is 6.91. The average Bonchev–Trinajstić information content (AvgIpc) is 2.80. The van der Waals surface area contributed by atoms with Gasteiger partial charge in [-0.1, -0.05) is 17.7 Å². The fourth-order valence-corrected chi connectivity index (χ4v) is 2.47. The number of hydrogen-bond donors (Lipinski definition) is 1. The van der Waals surface area contributed by atoms with Crippen LogP contribution in [0.25, 0.3) is 0 Å². The molecule has 0 saturated carbocycles. The lowest BCUT2D eigenvalue weighted by Gasteiger charge is -2.17. The predicted molar refractivity (Wildman–Crippen MR) is 83.0 cm³/mol. The first kappa shape index (κ1) is 15.7. The SMILES string of the molecule is CCOc1ccc(C(N)c2c(Cl)cnn2C)cc1OCC. The third-order valence-corrected chi connectivity index (χ3v) is 3.45. The summed E-state index contributed by atoms with van der Waals surface area (Å²) < 4.78 is 12.9. The van der Waals surface area contributed by atoms with Crippen LogP contribution < -0.4 is 15.2 Å². The standard InChI is InChI=1S/C15H20ClN3O2/c1-4-20-12-7-6-10(8-13(12)21-5-2)14(17)15-11(16)9-18-19(15)3/h6-9,14H,4-5,17H2,1-3H3. The maximum Gasteiger partial charge on any atom is 0.161 e. The van der Waals surface area contributed by atoms with E-state index in [4.69, 9.17) is 26.8 Å². The van der Waals surface area contributed by atoms with Gasteiger partial charge in [-0.25, -0.2) is 0 Å². The van der Waals surface area contributed by atoms with E-state index in [9.17, 15) is 0 Å². The Morgan fingerprint density at radius 3 is 2.48 bits per heavy atom. The number of nitrogens with two attached hydrogens (primary N) is 1. The fraction of sp³-hybridized carbons (Fsp3) is 0.400. The van der Waals surface area contributed by atoms with Gasteiger partial charge in [-0.05, 0) is 31.5 Å². The number of hydrogen-bond acceptors (Lipinski definition) is 4. The van der Waals surface area contributed by atoms with E-state index in [1.54, 1.807) is 10.9 Å². The van der Waals surface area contributed by atoms with Crippen molar-refractivity contribution in [1.29, 1.82) is 0 Å². The highest BCUT2D eigenvalue weighted by Gasteiger charge is 2.19. The summed E-state index contributed by atoms with van der Waals surface area (Å²) in [6.45, 7) is 5.01. The number of aromatic nitrogens is 2. The summed E-state index contributed by atoms with van der Waals surface area (Å²) in [5, 5.41) is 4.67. The van der Waals surface area contributed by atoms with Gasteiger partial charge in [-0.15, -0.1) is 0 Å². The second kappa shape index (κ2) is 6.83. The molecule has 2 N–H and O–H groups in total. The average molecular weight is 310 g/mol. The molecule has 0 spiro atoms. The van der Waals surface area contributed by atoms with Crippen LogP contribution in [0.1, 0.15) is 31.1 Å². The van der Waals surface area contributed by atoms with Crippen molar-refractivity contribution in [2.45, 2.75) is 19.9 Å². The van der Waals surface area contributed by atoms with Crippen molar-refractivity contribution < 1.29 is 9.47 Å².